The van der Waals surface area contributed by atoms with E-state index in [2.05, 4.69) is 26.7 Å². The molecule has 1 aromatic rings. The average molecular weight is 323 g/mol. The number of rotatable bonds is 4. The highest BCUT2D eigenvalue weighted by atomic mass is 16.5. The summed E-state index contributed by atoms with van der Waals surface area (Å²) in [5, 5.41) is 0. The molecule has 2 aliphatic heterocycles. The van der Waals surface area contributed by atoms with Crippen LogP contribution in [0.3, 0.4) is 0 Å². The smallest absolute Gasteiger partial charge is 0.230 e. The first-order valence-corrected chi connectivity index (χ1v) is 8.09. The molecule has 23 heavy (non-hydrogen) atoms. The van der Waals surface area contributed by atoms with Crippen molar-refractivity contribution >= 4 is 11.9 Å². The van der Waals surface area contributed by atoms with Crippen molar-refractivity contribution in [3.05, 3.63) is 5.82 Å². The number of hydrogen-bond donors (Lipinski definition) is 0. The number of hydrogen-bond acceptors (Lipinski definition) is 8. The van der Waals surface area contributed by atoms with Gasteiger partial charge in [-0.2, -0.15) is 15.0 Å². The number of anilines is 2. The minimum Gasteiger partial charge on any atom is -0.382 e. The summed E-state index contributed by atoms with van der Waals surface area (Å²) in [5.74, 6) is 2.16. The summed E-state index contributed by atoms with van der Waals surface area (Å²) in [5.41, 5.74) is 0. The summed E-state index contributed by atoms with van der Waals surface area (Å²) in [6, 6.07) is 0.392. The van der Waals surface area contributed by atoms with E-state index < -0.39 is 0 Å². The molecule has 128 valence electrons. The molecule has 0 amide bonds. The molecule has 0 unspecified atom stereocenters. The van der Waals surface area contributed by atoms with Crippen LogP contribution >= 0.6 is 0 Å². The van der Waals surface area contributed by atoms with Crippen LogP contribution in [0.5, 0.6) is 0 Å². The third kappa shape index (κ3) is 3.70. The van der Waals surface area contributed by atoms with Crippen LogP contribution in [0, 0.1) is 6.92 Å². The van der Waals surface area contributed by atoms with Crippen molar-refractivity contribution in [2.75, 3.05) is 63.0 Å². The first-order chi connectivity index (χ1) is 11.2. The molecule has 3 rings (SSSR count). The summed E-state index contributed by atoms with van der Waals surface area (Å²) in [6.07, 6.45) is 0. The van der Waals surface area contributed by atoms with Gasteiger partial charge < -0.3 is 24.0 Å². The average Bonchev–Trinajstić information content (AvgIpc) is 2.55. The van der Waals surface area contributed by atoms with Crippen LogP contribution in [-0.2, 0) is 14.2 Å². The maximum Gasteiger partial charge on any atom is 0.230 e. The Morgan fingerprint density at radius 1 is 1.04 bits per heavy atom. The minimum absolute atomic E-state index is 0.130. The summed E-state index contributed by atoms with van der Waals surface area (Å²) in [7, 11) is 1.70. The van der Waals surface area contributed by atoms with E-state index in [0.29, 0.717) is 39.0 Å². The van der Waals surface area contributed by atoms with Gasteiger partial charge in [-0.3, -0.25) is 0 Å². The van der Waals surface area contributed by atoms with E-state index in [-0.39, 0.29) is 12.1 Å². The third-order valence-electron chi connectivity index (χ3n) is 4.19. The lowest BCUT2D eigenvalue weighted by Gasteiger charge is -2.37. The third-order valence-corrected chi connectivity index (χ3v) is 4.19. The van der Waals surface area contributed by atoms with Gasteiger partial charge in [0, 0.05) is 20.2 Å². The van der Waals surface area contributed by atoms with Gasteiger partial charge in [0.05, 0.1) is 45.1 Å². The Morgan fingerprint density at radius 2 is 1.70 bits per heavy atom. The Hall–Kier alpha value is -1.51. The summed E-state index contributed by atoms with van der Waals surface area (Å²) >= 11 is 0. The van der Waals surface area contributed by atoms with Gasteiger partial charge in [0.15, 0.2) is 0 Å². The van der Waals surface area contributed by atoms with Crippen molar-refractivity contribution in [1.82, 2.24) is 15.0 Å². The predicted octanol–water partition coefficient (Wildman–Crippen LogP) is 0.257. The number of nitrogens with zero attached hydrogens (tertiary/aromatic N) is 5. The normalized spacial score (nSPS) is 25.7. The molecule has 3 heterocycles. The standard InChI is InChI=1S/C15H25N5O3/c1-11-8-22-6-4-19(11)14-16-12(2)17-15(18-14)20-5-7-23-10-13(20)9-21-3/h11,13H,4-10H2,1-3H3/t11-,13-/m1/s1. The lowest BCUT2D eigenvalue weighted by atomic mass is 10.2. The fourth-order valence-electron chi connectivity index (χ4n) is 2.98. The molecule has 0 N–H and O–H groups in total. The molecular weight excluding hydrogens is 298 g/mol. The van der Waals surface area contributed by atoms with E-state index in [1.54, 1.807) is 7.11 Å². The molecule has 8 heteroatoms. The van der Waals surface area contributed by atoms with Crippen LogP contribution in [0.2, 0.25) is 0 Å². The molecular formula is C15H25N5O3. The Morgan fingerprint density at radius 3 is 2.39 bits per heavy atom. The van der Waals surface area contributed by atoms with Crippen LogP contribution in [0.25, 0.3) is 0 Å². The zero-order chi connectivity index (χ0) is 16.2. The van der Waals surface area contributed by atoms with Crippen molar-refractivity contribution in [3.63, 3.8) is 0 Å². The van der Waals surface area contributed by atoms with Crippen molar-refractivity contribution in [3.8, 4) is 0 Å². The van der Waals surface area contributed by atoms with Crippen LogP contribution < -0.4 is 9.80 Å². The van der Waals surface area contributed by atoms with Crippen molar-refractivity contribution < 1.29 is 14.2 Å². The zero-order valence-corrected chi connectivity index (χ0v) is 14.1. The molecule has 1 aromatic heterocycles. The quantitative estimate of drug-likeness (QED) is 0.781. The second-order valence-corrected chi connectivity index (χ2v) is 5.98. The summed E-state index contributed by atoms with van der Waals surface area (Å²) in [6.45, 7) is 8.89. The van der Waals surface area contributed by atoms with Crippen molar-refractivity contribution in [2.24, 2.45) is 0 Å². The molecule has 0 saturated carbocycles. The molecule has 0 bridgehead atoms. The van der Waals surface area contributed by atoms with Crippen LogP contribution in [-0.4, -0.2) is 80.3 Å². The van der Waals surface area contributed by atoms with Crippen LogP contribution in [0.1, 0.15) is 12.7 Å². The monoisotopic (exact) mass is 323 g/mol. The molecule has 0 aromatic carbocycles. The highest BCUT2D eigenvalue weighted by molar-refractivity contribution is 5.41. The molecule has 0 aliphatic carbocycles. The molecule has 2 fully saturated rings. The maximum atomic E-state index is 5.56. The van der Waals surface area contributed by atoms with Gasteiger partial charge in [0.25, 0.3) is 0 Å². The molecule has 2 saturated heterocycles. The second-order valence-electron chi connectivity index (χ2n) is 5.98. The van der Waals surface area contributed by atoms with E-state index in [1.165, 1.54) is 0 Å². The Labute approximate surface area is 136 Å². The van der Waals surface area contributed by atoms with E-state index in [0.717, 1.165) is 24.9 Å². The van der Waals surface area contributed by atoms with Gasteiger partial charge >= 0.3 is 0 Å². The topological polar surface area (TPSA) is 72.8 Å². The maximum absolute atomic E-state index is 5.56. The number of ether oxygens (including phenoxy) is 3. The first-order valence-electron chi connectivity index (χ1n) is 8.09. The predicted molar refractivity (Wildman–Crippen MR) is 86.0 cm³/mol. The van der Waals surface area contributed by atoms with Crippen molar-refractivity contribution in [2.45, 2.75) is 25.9 Å². The zero-order valence-electron chi connectivity index (χ0n) is 14.1. The van der Waals surface area contributed by atoms with Crippen LogP contribution in [0.4, 0.5) is 11.9 Å². The lowest BCUT2D eigenvalue weighted by molar-refractivity contribution is 0.0593. The Bertz CT molecular complexity index is 528. The fraction of sp³-hybridized carbons (Fsp3) is 0.800. The summed E-state index contributed by atoms with van der Waals surface area (Å²) < 4.78 is 16.4. The minimum atomic E-state index is 0.130. The lowest BCUT2D eigenvalue weighted by Crippen LogP contribution is -2.49. The van der Waals surface area contributed by atoms with Crippen LogP contribution in [0.15, 0.2) is 0 Å². The van der Waals surface area contributed by atoms with Gasteiger partial charge in [-0.05, 0) is 13.8 Å². The highest BCUT2D eigenvalue weighted by Gasteiger charge is 2.28. The van der Waals surface area contributed by atoms with E-state index in [9.17, 15) is 0 Å². The van der Waals surface area contributed by atoms with E-state index in [4.69, 9.17) is 19.2 Å². The van der Waals surface area contributed by atoms with Gasteiger partial charge in [-0.25, -0.2) is 0 Å². The molecule has 8 nitrogen and oxygen atoms in total. The number of aromatic nitrogens is 3. The molecule has 0 spiro atoms. The van der Waals surface area contributed by atoms with Gasteiger partial charge in [0.1, 0.15) is 5.82 Å². The van der Waals surface area contributed by atoms with E-state index in [1.807, 2.05) is 6.92 Å². The molecule has 2 aliphatic rings. The Kier molecular flexibility index (Phi) is 5.24. The SMILES string of the molecule is COC[C@@H]1COCCN1c1nc(C)nc(N2CCOC[C@H]2C)n1. The first kappa shape index (κ1) is 16.4. The van der Waals surface area contributed by atoms with Gasteiger partial charge in [0.2, 0.25) is 11.9 Å². The largest absolute Gasteiger partial charge is 0.382 e. The highest BCUT2D eigenvalue weighted by Crippen LogP contribution is 2.21. The molecule has 0 radical (unpaired) electrons. The number of aryl methyl sites for hydroxylation is 1. The van der Waals surface area contributed by atoms with Crippen molar-refractivity contribution in [1.29, 1.82) is 0 Å². The van der Waals surface area contributed by atoms with Gasteiger partial charge in [-0.15, -0.1) is 0 Å². The Balaban J connectivity index is 1.87. The van der Waals surface area contributed by atoms with E-state index >= 15 is 0 Å². The number of methoxy groups -OCH3 is 1. The van der Waals surface area contributed by atoms with Gasteiger partial charge in [-0.1, -0.05) is 0 Å². The second kappa shape index (κ2) is 7.37. The fourth-order valence-corrected chi connectivity index (χ4v) is 2.98. The molecule has 2 atom stereocenters. The summed E-state index contributed by atoms with van der Waals surface area (Å²) in [4.78, 5) is 18.2. The number of morpholine rings is 2.